The highest BCUT2D eigenvalue weighted by molar-refractivity contribution is 7.09. The molecule has 2 rings (SSSR count). The number of aryl methyl sites for hydroxylation is 1. The lowest BCUT2D eigenvalue weighted by molar-refractivity contribution is 0.0690. The van der Waals surface area contributed by atoms with Crippen LogP contribution >= 0.6 is 11.3 Å². The van der Waals surface area contributed by atoms with Gasteiger partial charge in [0.15, 0.2) is 17.8 Å². The summed E-state index contributed by atoms with van der Waals surface area (Å²) in [5.41, 5.74) is 0.282. The van der Waals surface area contributed by atoms with Gasteiger partial charge in [0.25, 0.3) is 5.91 Å². The molecule has 0 radical (unpaired) electrons. The van der Waals surface area contributed by atoms with Crippen molar-refractivity contribution in [2.75, 3.05) is 6.54 Å². The number of rotatable bonds is 5. The molecule has 0 aromatic carbocycles. The van der Waals surface area contributed by atoms with E-state index in [1.54, 1.807) is 6.92 Å². The molecule has 0 aliphatic heterocycles. The summed E-state index contributed by atoms with van der Waals surface area (Å²) in [7, 11) is 0. The van der Waals surface area contributed by atoms with Crippen LogP contribution in [0.15, 0.2) is 16.2 Å². The number of hydrogen-bond donors (Lipinski definition) is 2. The van der Waals surface area contributed by atoms with Crippen LogP contribution in [-0.2, 0) is 6.42 Å². The van der Waals surface area contributed by atoms with E-state index in [0.29, 0.717) is 23.7 Å². The zero-order valence-corrected chi connectivity index (χ0v) is 10.9. The summed E-state index contributed by atoms with van der Waals surface area (Å²) in [5.74, 6) is -0.911. The van der Waals surface area contributed by atoms with E-state index in [0.717, 1.165) is 0 Å². The molecule has 2 heterocycles. The van der Waals surface area contributed by atoms with Gasteiger partial charge in [-0.25, -0.2) is 14.8 Å². The van der Waals surface area contributed by atoms with Gasteiger partial charge in [-0.15, -0.1) is 11.3 Å². The highest BCUT2D eigenvalue weighted by Crippen LogP contribution is 2.10. The number of thiazole rings is 1. The van der Waals surface area contributed by atoms with Gasteiger partial charge in [-0.3, -0.25) is 4.79 Å². The summed E-state index contributed by atoms with van der Waals surface area (Å²) < 4.78 is 4.93. The third-order valence-corrected chi connectivity index (χ3v) is 3.26. The van der Waals surface area contributed by atoms with E-state index in [-0.39, 0.29) is 17.3 Å². The van der Waals surface area contributed by atoms with E-state index in [9.17, 15) is 9.59 Å². The molecule has 2 aromatic rings. The molecule has 0 saturated carbocycles. The number of carboxylic acid groups (broad SMARTS) is 1. The Morgan fingerprint density at radius 1 is 1.53 bits per heavy atom. The predicted octanol–water partition coefficient (Wildman–Crippen LogP) is 1.11. The van der Waals surface area contributed by atoms with Gasteiger partial charge in [0, 0.05) is 18.3 Å². The number of aromatic carboxylic acids is 1. The number of carboxylic acids is 1. The number of amides is 1. The van der Waals surface area contributed by atoms with Crippen molar-refractivity contribution in [3.05, 3.63) is 33.9 Å². The Morgan fingerprint density at radius 2 is 2.32 bits per heavy atom. The molecule has 1 amide bonds. The fourth-order valence-electron chi connectivity index (χ4n) is 1.41. The number of oxazole rings is 1. The molecule has 0 unspecified atom stereocenters. The van der Waals surface area contributed by atoms with Crippen LogP contribution in [0.25, 0.3) is 0 Å². The lowest BCUT2D eigenvalue weighted by Crippen LogP contribution is -2.26. The number of carbonyl (C=O) groups is 2. The highest BCUT2D eigenvalue weighted by Gasteiger charge is 2.13. The van der Waals surface area contributed by atoms with E-state index < -0.39 is 5.97 Å². The average Bonchev–Trinajstić information content (AvgIpc) is 2.97. The summed E-state index contributed by atoms with van der Waals surface area (Å²) in [4.78, 5) is 30.1. The van der Waals surface area contributed by atoms with Gasteiger partial charge in [0.1, 0.15) is 5.76 Å². The third kappa shape index (κ3) is 3.16. The minimum absolute atomic E-state index is 0.0265. The first-order chi connectivity index (χ1) is 9.08. The quantitative estimate of drug-likeness (QED) is 0.850. The molecule has 0 atom stereocenters. The molecule has 2 N–H and O–H groups in total. The van der Waals surface area contributed by atoms with Crippen molar-refractivity contribution in [1.82, 2.24) is 15.3 Å². The van der Waals surface area contributed by atoms with Crippen molar-refractivity contribution >= 4 is 23.2 Å². The van der Waals surface area contributed by atoms with Crippen LogP contribution in [0.3, 0.4) is 0 Å². The summed E-state index contributed by atoms with van der Waals surface area (Å²) in [6.45, 7) is 2.01. The number of nitrogens with zero attached hydrogens (tertiary/aromatic N) is 2. The van der Waals surface area contributed by atoms with E-state index in [1.165, 1.54) is 23.1 Å². The van der Waals surface area contributed by atoms with E-state index >= 15 is 0 Å². The summed E-state index contributed by atoms with van der Waals surface area (Å²) in [6, 6.07) is 0. The van der Waals surface area contributed by atoms with Gasteiger partial charge in [-0.1, -0.05) is 0 Å². The Kier molecular flexibility index (Phi) is 3.91. The number of nitrogens with one attached hydrogen (secondary N) is 1. The minimum Gasteiger partial charge on any atom is -0.476 e. The molecule has 0 fully saturated rings. The van der Waals surface area contributed by atoms with Crippen molar-refractivity contribution in [1.29, 1.82) is 0 Å². The minimum atomic E-state index is -1.05. The molecule has 0 spiro atoms. The normalized spacial score (nSPS) is 10.4. The first-order valence-electron chi connectivity index (χ1n) is 5.44. The maximum Gasteiger partial charge on any atom is 0.355 e. The molecule has 19 heavy (non-hydrogen) atoms. The zero-order valence-electron chi connectivity index (χ0n) is 10.0. The van der Waals surface area contributed by atoms with E-state index in [1.807, 2.05) is 0 Å². The predicted molar refractivity (Wildman–Crippen MR) is 66.4 cm³/mol. The van der Waals surface area contributed by atoms with Crippen LogP contribution in [-0.4, -0.2) is 33.5 Å². The Hall–Kier alpha value is -2.22. The first kappa shape index (κ1) is 13.2. The monoisotopic (exact) mass is 281 g/mol. The van der Waals surface area contributed by atoms with Crippen LogP contribution in [0, 0.1) is 6.92 Å². The van der Waals surface area contributed by atoms with Crippen LogP contribution in [0.1, 0.15) is 31.7 Å². The molecule has 0 aliphatic rings. The maximum atomic E-state index is 11.7. The topological polar surface area (TPSA) is 105 Å². The van der Waals surface area contributed by atoms with Gasteiger partial charge in [-0.05, 0) is 6.92 Å². The van der Waals surface area contributed by atoms with Crippen molar-refractivity contribution in [2.24, 2.45) is 0 Å². The van der Waals surface area contributed by atoms with Gasteiger partial charge < -0.3 is 14.8 Å². The van der Waals surface area contributed by atoms with Crippen molar-refractivity contribution in [3.8, 4) is 0 Å². The zero-order chi connectivity index (χ0) is 13.8. The number of hydrogen-bond acceptors (Lipinski definition) is 6. The van der Waals surface area contributed by atoms with Gasteiger partial charge in [0.2, 0.25) is 0 Å². The summed E-state index contributed by atoms with van der Waals surface area (Å²) >= 11 is 1.25. The third-order valence-electron chi connectivity index (χ3n) is 2.36. The lowest BCUT2D eigenvalue weighted by atomic mass is 10.3. The van der Waals surface area contributed by atoms with Gasteiger partial charge in [0.05, 0.1) is 5.01 Å². The molecule has 100 valence electrons. The van der Waals surface area contributed by atoms with Crippen LogP contribution in [0.4, 0.5) is 0 Å². The Labute approximate surface area is 112 Å². The van der Waals surface area contributed by atoms with Crippen LogP contribution in [0.5, 0.6) is 0 Å². The lowest BCUT2D eigenvalue weighted by Gasteiger charge is -2.01. The fourth-order valence-corrected chi connectivity index (χ4v) is 2.19. The average molecular weight is 281 g/mol. The molecular formula is C11H11N3O4S. The smallest absolute Gasteiger partial charge is 0.355 e. The molecule has 8 heteroatoms. The molecule has 0 saturated heterocycles. The molecular weight excluding hydrogens is 270 g/mol. The summed E-state index contributed by atoms with van der Waals surface area (Å²) in [6.07, 6.45) is 1.69. The van der Waals surface area contributed by atoms with Crippen molar-refractivity contribution in [2.45, 2.75) is 13.3 Å². The second-order valence-corrected chi connectivity index (χ2v) is 4.64. The standard InChI is InChI=1S/C11H11N3O4S/c1-6-9(13-5-18-6)10(15)12-3-2-8-14-7(4-19-8)11(16)17/h4-5H,2-3H2,1H3,(H,12,15)(H,16,17). The SMILES string of the molecule is Cc1ocnc1C(=O)NCCc1nc(C(=O)O)cs1. The van der Waals surface area contributed by atoms with Crippen LogP contribution in [0.2, 0.25) is 0 Å². The molecule has 7 nitrogen and oxygen atoms in total. The van der Waals surface area contributed by atoms with Crippen molar-refractivity contribution in [3.63, 3.8) is 0 Å². The maximum absolute atomic E-state index is 11.7. The Bertz CT molecular complexity index is 605. The van der Waals surface area contributed by atoms with Gasteiger partial charge in [-0.2, -0.15) is 0 Å². The fraction of sp³-hybridized carbons (Fsp3) is 0.273. The van der Waals surface area contributed by atoms with E-state index in [2.05, 4.69) is 15.3 Å². The number of aromatic nitrogens is 2. The molecule has 2 aromatic heterocycles. The molecule has 0 aliphatic carbocycles. The largest absolute Gasteiger partial charge is 0.476 e. The number of carbonyl (C=O) groups excluding carboxylic acids is 1. The highest BCUT2D eigenvalue weighted by atomic mass is 32.1. The Balaban J connectivity index is 1.85. The molecule has 0 bridgehead atoms. The Morgan fingerprint density at radius 3 is 2.89 bits per heavy atom. The van der Waals surface area contributed by atoms with Gasteiger partial charge >= 0.3 is 5.97 Å². The first-order valence-corrected chi connectivity index (χ1v) is 6.32. The van der Waals surface area contributed by atoms with Crippen LogP contribution < -0.4 is 5.32 Å². The van der Waals surface area contributed by atoms with Crippen molar-refractivity contribution < 1.29 is 19.1 Å². The van der Waals surface area contributed by atoms with E-state index in [4.69, 9.17) is 9.52 Å². The summed E-state index contributed by atoms with van der Waals surface area (Å²) in [5, 5.41) is 13.5. The second-order valence-electron chi connectivity index (χ2n) is 3.69. The second kappa shape index (κ2) is 5.61.